The van der Waals surface area contributed by atoms with E-state index >= 15 is 0 Å². The molecule has 0 spiro atoms. The van der Waals surface area contributed by atoms with E-state index in [1.165, 1.54) is 5.69 Å². The molecule has 0 bridgehead atoms. The number of anilines is 1. The first-order chi connectivity index (χ1) is 17.7. The second-order valence-electron chi connectivity index (χ2n) is 9.36. The van der Waals surface area contributed by atoms with E-state index in [4.69, 9.17) is 14.9 Å². The molecule has 8 nitrogen and oxygen atoms in total. The van der Waals surface area contributed by atoms with E-state index in [0.717, 1.165) is 62.5 Å². The lowest BCUT2D eigenvalue weighted by Gasteiger charge is -2.35. The molecular formula is C27H33N5O3S. The number of likely N-dealkylation sites (tertiary alicyclic amines) is 1. The summed E-state index contributed by atoms with van der Waals surface area (Å²) in [6, 6.07) is 18.7. The number of aromatic nitrogens is 2. The molecule has 0 radical (unpaired) electrons. The summed E-state index contributed by atoms with van der Waals surface area (Å²) in [7, 11) is 0. The van der Waals surface area contributed by atoms with Gasteiger partial charge in [0.1, 0.15) is 5.75 Å². The number of carbonyl (C=O) groups excluding carboxylic acids is 1. The lowest BCUT2D eigenvalue weighted by molar-refractivity contribution is -0.123. The van der Waals surface area contributed by atoms with Crippen LogP contribution in [-0.2, 0) is 10.5 Å². The number of amides is 1. The number of hydrogen-bond acceptors (Lipinski definition) is 8. The zero-order valence-corrected chi connectivity index (χ0v) is 21.2. The van der Waals surface area contributed by atoms with Gasteiger partial charge in [-0.25, -0.2) is 0 Å². The first-order valence-corrected chi connectivity index (χ1v) is 13.8. The first kappa shape index (κ1) is 24.6. The molecule has 3 aromatic rings. The molecule has 2 aliphatic heterocycles. The normalized spacial score (nSPS) is 19.0. The molecule has 1 unspecified atom stereocenters. The standard InChI is InChI=1S/C27H33N5O3S/c28-26(33)20-10-13-31(14-11-20)23-12-15-32(18-23)22-8-6-21(7-9-22)27-30-29-25(35-27)19-36-17-16-34-24-4-2-1-3-5-24/h1-9,20,23H,10-19H2,(H2,28,33). The Bertz CT molecular complexity index is 1120. The molecule has 2 aliphatic rings. The smallest absolute Gasteiger partial charge is 0.247 e. The summed E-state index contributed by atoms with van der Waals surface area (Å²) in [5, 5.41) is 8.44. The van der Waals surface area contributed by atoms with E-state index in [2.05, 4.69) is 44.3 Å². The highest BCUT2D eigenvalue weighted by atomic mass is 32.2. The lowest BCUT2D eigenvalue weighted by Crippen LogP contribution is -2.45. The molecule has 2 fully saturated rings. The van der Waals surface area contributed by atoms with Crippen LogP contribution in [0.4, 0.5) is 5.69 Å². The van der Waals surface area contributed by atoms with E-state index in [1.807, 2.05) is 30.3 Å². The average Bonchev–Trinajstić information content (AvgIpc) is 3.60. The molecule has 1 atom stereocenters. The summed E-state index contributed by atoms with van der Waals surface area (Å²) in [5.41, 5.74) is 7.62. The summed E-state index contributed by atoms with van der Waals surface area (Å²) in [5.74, 6) is 3.47. The highest BCUT2D eigenvalue weighted by molar-refractivity contribution is 7.98. The largest absolute Gasteiger partial charge is 0.493 e. The minimum atomic E-state index is -0.150. The number of nitrogens with zero attached hydrogens (tertiary/aromatic N) is 4. The van der Waals surface area contributed by atoms with E-state index in [1.54, 1.807) is 11.8 Å². The Kier molecular flexibility index (Phi) is 8.08. The SMILES string of the molecule is NC(=O)C1CCN(C2CCN(c3ccc(-c4nnc(CSCCOc5ccccc5)o4)cc3)C2)CC1. The van der Waals surface area contributed by atoms with Crippen molar-refractivity contribution in [2.45, 2.75) is 31.1 Å². The molecule has 2 aromatic carbocycles. The number of ether oxygens (including phenoxy) is 1. The number of carbonyl (C=O) groups is 1. The molecule has 0 saturated carbocycles. The van der Waals surface area contributed by atoms with Crippen molar-refractivity contribution in [3.05, 3.63) is 60.5 Å². The minimum Gasteiger partial charge on any atom is -0.493 e. The number of thioether (sulfide) groups is 1. The van der Waals surface area contributed by atoms with Crippen LogP contribution in [0, 0.1) is 5.92 Å². The van der Waals surface area contributed by atoms with Gasteiger partial charge in [-0.3, -0.25) is 9.69 Å². The number of piperidine rings is 1. The number of nitrogens with two attached hydrogens (primary N) is 1. The summed E-state index contributed by atoms with van der Waals surface area (Å²) in [6.45, 7) is 4.61. The fraction of sp³-hybridized carbons (Fsp3) is 0.444. The third kappa shape index (κ3) is 6.20. The van der Waals surface area contributed by atoms with Crippen molar-refractivity contribution in [1.29, 1.82) is 0 Å². The predicted molar refractivity (Wildman–Crippen MR) is 142 cm³/mol. The summed E-state index contributed by atoms with van der Waals surface area (Å²) < 4.78 is 11.6. The molecule has 3 heterocycles. The van der Waals surface area contributed by atoms with Crippen LogP contribution in [0.5, 0.6) is 5.75 Å². The fourth-order valence-electron chi connectivity index (χ4n) is 4.96. The lowest BCUT2D eigenvalue weighted by atomic mass is 9.95. The number of rotatable bonds is 10. The summed E-state index contributed by atoms with van der Waals surface area (Å²) in [4.78, 5) is 16.4. The number of para-hydroxylation sites is 1. The van der Waals surface area contributed by atoms with Crippen LogP contribution >= 0.6 is 11.8 Å². The number of primary amides is 1. The van der Waals surface area contributed by atoms with Crippen LogP contribution in [0.2, 0.25) is 0 Å². The van der Waals surface area contributed by atoms with Gasteiger partial charge in [0.15, 0.2) is 0 Å². The fourth-order valence-corrected chi connectivity index (χ4v) is 5.60. The van der Waals surface area contributed by atoms with Crippen molar-refractivity contribution >= 4 is 23.4 Å². The van der Waals surface area contributed by atoms with E-state index < -0.39 is 0 Å². The van der Waals surface area contributed by atoms with Crippen LogP contribution in [0.1, 0.15) is 25.2 Å². The number of hydrogen-bond donors (Lipinski definition) is 1. The van der Waals surface area contributed by atoms with Gasteiger partial charge in [0, 0.05) is 42.1 Å². The van der Waals surface area contributed by atoms with Crippen molar-refractivity contribution in [3.63, 3.8) is 0 Å². The third-order valence-electron chi connectivity index (χ3n) is 7.02. The number of benzene rings is 2. The Balaban J connectivity index is 1.07. The topological polar surface area (TPSA) is 97.7 Å². The maximum Gasteiger partial charge on any atom is 0.247 e. The van der Waals surface area contributed by atoms with Gasteiger partial charge in [0.25, 0.3) is 0 Å². The third-order valence-corrected chi connectivity index (χ3v) is 7.93. The van der Waals surface area contributed by atoms with Gasteiger partial charge in [-0.05, 0) is 68.8 Å². The molecule has 1 amide bonds. The first-order valence-electron chi connectivity index (χ1n) is 12.6. The van der Waals surface area contributed by atoms with Gasteiger partial charge >= 0.3 is 0 Å². The van der Waals surface area contributed by atoms with Crippen molar-refractivity contribution < 1.29 is 13.9 Å². The van der Waals surface area contributed by atoms with Crippen molar-refractivity contribution in [2.24, 2.45) is 11.7 Å². The van der Waals surface area contributed by atoms with Crippen LogP contribution in [0.15, 0.2) is 59.0 Å². The summed E-state index contributed by atoms with van der Waals surface area (Å²) >= 11 is 1.71. The van der Waals surface area contributed by atoms with Gasteiger partial charge in [-0.1, -0.05) is 18.2 Å². The monoisotopic (exact) mass is 507 g/mol. The van der Waals surface area contributed by atoms with Crippen LogP contribution < -0.4 is 15.4 Å². The van der Waals surface area contributed by atoms with E-state index in [-0.39, 0.29) is 11.8 Å². The van der Waals surface area contributed by atoms with Gasteiger partial charge < -0.3 is 19.8 Å². The highest BCUT2D eigenvalue weighted by Crippen LogP contribution is 2.28. The van der Waals surface area contributed by atoms with Crippen LogP contribution in [0.3, 0.4) is 0 Å². The van der Waals surface area contributed by atoms with Gasteiger partial charge in [-0.15, -0.1) is 22.0 Å². The second kappa shape index (κ2) is 11.8. The Morgan fingerprint density at radius 1 is 1.03 bits per heavy atom. The molecule has 2 saturated heterocycles. The molecule has 5 rings (SSSR count). The Morgan fingerprint density at radius 2 is 1.81 bits per heavy atom. The van der Waals surface area contributed by atoms with Crippen molar-refractivity contribution in [1.82, 2.24) is 15.1 Å². The van der Waals surface area contributed by atoms with Crippen LogP contribution in [-0.4, -0.2) is 65.6 Å². The zero-order valence-electron chi connectivity index (χ0n) is 20.4. The van der Waals surface area contributed by atoms with E-state index in [9.17, 15) is 4.79 Å². The Labute approximate surface area is 216 Å². The maximum absolute atomic E-state index is 11.4. The van der Waals surface area contributed by atoms with Gasteiger partial charge in [0.2, 0.25) is 17.7 Å². The highest BCUT2D eigenvalue weighted by Gasteiger charge is 2.32. The molecule has 0 aliphatic carbocycles. The minimum absolute atomic E-state index is 0.0452. The summed E-state index contributed by atoms with van der Waals surface area (Å²) in [6.07, 6.45) is 2.91. The molecule has 2 N–H and O–H groups in total. The molecule has 1 aromatic heterocycles. The van der Waals surface area contributed by atoms with Gasteiger partial charge in [-0.2, -0.15) is 0 Å². The van der Waals surface area contributed by atoms with Crippen molar-refractivity contribution in [2.75, 3.05) is 43.4 Å². The predicted octanol–water partition coefficient (Wildman–Crippen LogP) is 3.82. The van der Waals surface area contributed by atoms with E-state index in [0.29, 0.717) is 30.2 Å². The van der Waals surface area contributed by atoms with Gasteiger partial charge in [0.05, 0.1) is 12.4 Å². The molecule has 9 heteroatoms. The van der Waals surface area contributed by atoms with Crippen molar-refractivity contribution in [3.8, 4) is 17.2 Å². The van der Waals surface area contributed by atoms with Crippen LogP contribution in [0.25, 0.3) is 11.5 Å². The Hall–Kier alpha value is -3.04. The molecular weight excluding hydrogens is 474 g/mol. The maximum atomic E-state index is 11.4. The average molecular weight is 508 g/mol. The second-order valence-corrected chi connectivity index (χ2v) is 10.5. The molecule has 36 heavy (non-hydrogen) atoms. The Morgan fingerprint density at radius 3 is 2.56 bits per heavy atom. The molecule has 190 valence electrons. The quantitative estimate of drug-likeness (QED) is 0.414. The zero-order chi connectivity index (χ0) is 24.7.